The van der Waals surface area contributed by atoms with Crippen LogP contribution in [0.2, 0.25) is 0 Å². The lowest BCUT2D eigenvalue weighted by molar-refractivity contribution is -0.134. The van der Waals surface area contributed by atoms with E-state index in [-0.39, 0.29) is 12.1 Å². The van der Waals surface area contributed by atoms with Crippen LogP contribution in [0, 0.1) is 13.8 Å². The number of hydrogen-bond acceptors (Lipinski definition) is 4. The summed E-state index contributed by atoms with van der Waals surface area (Å²) in [6.07, 6.45) is 3.80. The largest absolute Gasteiger partial charge is 0.466 e. The van der Waals surface area contributed by atoms with Crippen molar-refractivity contribution in [2.45, 2.75) is 40.2 Å². The normalized spacial score (nSPS) is 11.1. The molecule has 0 fully saturated rings. The number of carbonyl (C=O) groups is 1. The molecule has 138 valence electrons. The van der Waals surface area contributed by atoms with E-state index in [0.717, 1.165) is 16.7 Å². The Hall–Kier alpha value is -2.89. The number of methoxy groups -OCH3 is 1. The van der Waals surface area contributed by atoms with Crippen molar-refractivity contribution < 1.29 is 9.53 Å². The van der Waals surface area contributed by atoms with Crippen LogP contribution in [0.1, 0.15) is 34.9 Å². The second-order valence-corrected chi connectivity index (χ2v) is 6.25. The van der Waals surface area contributed by atoms with Gasteiger partial charge in [0, 0.05) is 30.3 Å². The standard InChI is InChI=1S/C20H24N2O4/c1-5-16-17(12-15-10-13(2)9-14(3)11-15)22(20(25)21-19(16)24)8-6-7-18(23)26-4/h6-7,9-11H,5,8,12H2,1-4H3,(H,21,24,25). The minimum atomic E-state index is -0.492. The van der Waals surface area contributed by atoms with Crippen molar-refractivity contribution in [3.63, 3.8) is 0 Å². The van der Waals surface area contributed by atoms with Crippen molar-refractivity contribution in [2.24, 2.45) is 0 Å². The van der Waals surface area contributed by atoms with Crippen molar-refractivity contribution in [3.05, 3.63) is 79.1 Å². The Balaban J connectivity index is 2.53. The number of allylic oxidation sites excluding steroid dienone is 1. The summed E-state index contributed by atoms with van der Waals surface area (Å²) in [6, 6.07) is 6.17. The highest BCUT2D eigenvalue weighted by molar-refractivity contribution is 5.81. The summed E-state index contributed by atoms with van der Waals surface area (Å²) >= 11 is 0. The van der Waals surface area contributed by atoms with E-state index in [0.29, 0.717) is 24.1 Å². The van der Waals surface area contributed by atoms with Crippen LogP contribution in [0.15, 0.2) is 39.9 Å². The quantitative estimate of drug-likeness (QED) is 0.634. The van der Waals surface area contributed by atoms with Gasteiger partial charge in [0.05, 0.1) is 7.11 Å². The lowest BCUT2D eigenvalue weighted by atomic mass is 10.0. The number of rotatable bonds is 6. The predicted molar refractivity (Wildman–Crippen MR) is 101 cm³/mol. The number of H-pyrrole nitrogens is 1. The lowest BCUT2D eigenvalue weighted by Gasteiger charge is -2.15. The summed E-state index contributed by atoms with van der Waals surface area (Å²) in [5.41, 5.74) is 3.69. The van der Waals surface area contributed by atoms with Crippen LogP contribution in [0.25, 0.3) is 0 Å². The third-order valence-corrected chi connectivity index (χ3v) is 4.16. The number of ether oxygens (including phenoxy) is 1. The molecular formula is C20H24N2O4. The molecule has 0 bridgehead atoms. The molecule has 0 aliphatic carbocycles. The monoisotopic (exact) mass is 356 g/mol. The molecular weight excluding hydrogens is 332 g/mol. The number of nitrogens with one attached hydrogen (secondary N) is 1. The molecule has 1 N–H and O–H groups in total. The summed E-state index contributed by atoms with van der Waals surface area (Å²) in [5, 5.41) is 0. The van der Waals surface area contributed by atoms with E-state index in [1.807, 2.05) is 32.9 Å². The molecule has 0 atom stereocenters. The van der Waals surface area contributed by atoms with E-state index in [1.165, 1.54) is 17.8 Å². The van der Waals surface area contributed by atoms with Gasteiger partial charge in [0.25, 0.3) is 5.56 Å². The topological polar surface area (TPSA) is 81.2 Å². The number of aryl methyl sites for hydroxylation is 2. The zero-order chi connectivity index (χ0) is 19.3. The first kappa shape index (κ1) is 19.4. The van der Waals surface area contributed by atoms with Gasteiger partial charge in [0.15, 0.2) is 0 Å². The lowest BCUT2D eigenvalue weighted by Crippen LogP contribution is -2.35. The van der Waals surface area contributed by atoms with Gasteiger partial charge in [0.2, 0.25) is 0 Å². The first-order valence-electron chi connectivity index (χ1n) is 8.52. The van der Waals surface area contributed by atoms with Gasteiger partial charge in [0.1, 0.15) is 0 Å². The molecule has 6 nitrogen and oxygen atoms in total. The predicted octanol–water partition coefficient (Wildman–Crippen LogP) is 2.04. The van der Waals surface area contributed by atoms with Gasteiger partial charge in [-0.15, -0.1) is 0 Å². The van der Waals surface area contributed by atoms with Crippen LogP contribution < -0.4 is 11.2 Å². The second kappa shape index (κ2) is 8.47. The van der Waals surface area contributed by atoms with Crippen molar-refractivity contribution in [1.29, 1.82) is 0 Å². The molecule has 26 heavy (non-hydrogen) atoms. The maximum Gasteiger partial charge on any atom is 0.330 e. The Morgan fingerprint density at radius 3 is 2.42 bits per heavy atom. The maximum atomic E-state index is 12.4. The van der Waals surface area contributed by atoms with Gasteiger partial charge < -0.3 is 4.74 Å². The third-order valence-electron chi connectivity index (χ3n) is 4.16. The Labute approximate surface area is 152 Å². The summed E-state index contributed by atoms with van der Waals surface area (Å²) < 4.78 is 6.06. The number of aromatic amines is 1. The maximum absolute atomic E-state index is 12.4. The van der Waals surface area contributed by atoms with Crippen LogP contribution in [0.3, 0.4) is 0 Å². The molecule has 1 aromatic heterocycles. The smallest absolute Gasteiger partial charge is 0.330 e. The minimum absolute atomic E-state index is 0.178. The molecule has 6 heteroatoms. The van der Waals surface area contributed by atoms with Crippen LogP contribution in [0.4, 0.5) is 0 Å². The van der Waals surface area contributed by atoms with Crippen LogP contribution >= 0.6 is 0 Å². The van der Waals surface area contributed by atoms with Crippen LogP contribution in [0.5, 0.6) is 0 Å². The van der Waals surface area contributed by atoms with E-state index in [4.69, 9.17) is 0 Å². The van der Waals surface area contributed by atoms with Crippen molar-refractivity contribution in [1.82, 2.24) is 9.55 Å². The van der Waals surface area contributed by atoms with Gasteiger partial charge in [-0.1, -0.05) is 42.3 Å². The van der Waals surface area contributed by atoms with Crippen molar-refractivity contribution in [2.75, 3.05) is 7.11 Å². The molecule has 0 spiro atoms. The van der Waals surface area contributed by atoms with Crippen molar-refractivity contribution >= 4 is 5.97 Å². The Morgan fingerprint density at radius 1 is 1.19 bits per heavy atom. The Bertz CT molecular complexity index is 931. The molecule has 0 amide bonds. The Morgan fingerprint density at radius 2 is 1.85 bits per heavy atom. The Kier molecular flexibility index (Phi) is 6.33. The van der Waals surface area contributed by atoms with Gasteiger partial charge in [-0.2, -0.15) is 0 Å². The van der Waals surface area contributed by atoms with Gasteiger partial charge in [-0.3, -0.25) is 14.3 Å². The SMILES string of the molecule is CCc1c(Cc2cc(C)cc(C)c2)n(CC=CC(=O)OC)c(=O)[nH]c1=O. The highest BCUT2D eigenvalue weighted by Gasteiger charge is 2.14. The summed E-state index contributed by atoms with van der Waals surface area (Å²) in [5.74, 6) is -0.492. The zero-order valence-electron chi connectivity index (χ0n) is 15.6. The fourth-order valence-corrected chi connectivity index (χ4v) is 3.10. The summed E-state index contributed by atoms with van der Waals surface area (Å²) in [7, 11) is 1.29. The second-order valence-electron chi connectivity index (χ2n) is 6.25. The average Bonchev–Trinajstić information content (AvgIpc) is 2.56. The van der Waals surface area contributed by atoms with Crippen molar-refractivity contribution in [3.8, 4) is 0 Å². The number of carbonyl (C=O) groups excluding carboxylic acids is 1. The molecule has 1 heterocycles. The molecule has 2 aromatic rings. The molecule has 0 saturated heterocycles. The number of aromatic nitrogens is 2. The van der Waals surface area contributed by atoms with E-state index in [9.17, 15) is 14.4 Å². The fraction of sp³-hybridized carbons (Fsp3) is 0.350. The van der Waals surface area contributed by atoms with E-state index < -0.39 is 11.7 Å². The molecule has 1 aromatic carbocycles. The van der Waals surface area contributed by atoms with Crippen LogP contribution in [-0.2, 0) is 28.9 Å². The third kappa shape index (κ3) is 4.59. The molecule has 0 aliphatic rings. The number of hydrogen-bond donors (Lipinski definition) is 1. The number of esters is 1. The molecule has 0 saturated carbocycles. The summed E-state index contributed by atoms with van der Waals surface area (Å²) in [4.78, 5) is 38.2. The zero-order valence-corrected chi connectivity index (χ0v) is 15.6. The minimum Gasteiger partial charge on any atom is -0.466 e. The van der Waals surface area contributed by atoms with Gasteiger partial charge >= 0.3 is 11.7 Å². The van der Waals surface area contributed by atoms with E-state index in [2.05, 4.69) is 15.8 Å². The summed E-state index contributed by atoms with van der Waals surface area (Å²) in [6.45, 7) is 6.09. The fourth-order valence-electron chi connectivity index (χ4n) is 3.10. The molecule has 0 aliphatic heterocycles. The van der Waals surface area contributed by atoms with Crippen LogP contribution in [-0.4, -0.2) is 22.6 Å². The molecule has 0 radical (unpaired) electrons. The van der Waals surface area contributed by atoms with Gasteiger partial charge in [-0.25, -0.2) is 9.59 Å². The molecule has 0 unspecified atom stereocenters. The first-order chi connectivity index (χ1) is 12.3. The molecule has 2 rings (SSSR count). The highest BCUT2D eigenvalue weighted by atomic mass is 16.5. The number of benzene rings is 1. The average molecular weight is 356 g/mol. The highest BCUT2D eigenvalue weighted by Crippen LogP contribution is 2.15. The van der Waals surface area contributed by atoms with Gasteiger partial charge in [-0.05, 0) is 25.8 Å². The van der Waals surface area contributed by atoms with E-state index in [1.54, 1.807) is 6.08 Å². The first-order valence-corrected chi connectivity index (χ1v) is 8.52. The van der Waals surface area contributed by atoms with E-state index >= 15 is 0 Å². The number of nitrogens with zero attached hydrogens (tertiary/aromatic N) is 1.